The van der Waals surface area contributed by atoms with Gasteiger partial charge in [-0.1, -0.05) is 0 Å². The maximum absolute atomic E-state index is 12.1. The van der Waals surface area contributed by atoms with Crippen molar-refractivity contribution in [3.63, 3.8) is 0 Å². The Morgan fingerprint density at radius 2 is 2.12 bits per heavy atom. The predicted octanol–water partition coefficient (Wildman–Crippen LogP) is 0.705. The Morgan fingerprint density at radius 3 is 2.47 bits per heavy atom. The van der Waals surface area contributed by atoms with E-state index in [1.54, 1.807) is 13.8 Å². The van der Waals surface area contributed by atoms with Crippen LogP contribution in [0.1, 0.15) is 23.0 Å². The Kier molecular flexibility index (Phi) is 3.76. The number of amides is 1. The van der Waals surface area contributed by atoms with E-state index in [0.717, 1.165) is 0 Å². The molecule has 1 atom stereocenters. The number of aromatic nitrogens is 2. The Morgan fingerprint density at radius 1 is 1.53 bits per heavy atom. The molecule has 0 aliphatic carbocycles. The summed E-state index contributed by atoms with van der Waals surface area (Å²) in [6.45, 7) is 1.91. The van der Waals surface area contributed by atoms with E-state index in [1.807, 2.05) is 0 Å². The van der Waals surface area contributed by atoms with Crippen molar-refractivity contribution in [3.8, 4) is 0 Å². The molecule has 17 heavy (non-hydrogen) atoms. The molecule has 0 bridgehead atoms. The molecule has 1 rings (SSSR count). The van der Waals surface area contributed by atoms with Crippen molar-refractivity contribution < 1.29 is 18.0 Å². The number of alkyl halides is 3. The third-order valence-electron chi connectivity index (χ3n) is 2.26. The zero-order chi connectivity index (χ0) is 13.2. The van der Waals surface area contributed by atoms with Crippen LogP contribution in [0.4, 0.5) is 13.2 Å². The second-order valence-electron chi connectivity index (χ2n) is 3.68. The van der Waals surface area contributed by atoms with Crippen LogP contribution in [0.25, 0.3) is 0 Å². The Labute approximate surface area is 95.6 Å². The van der Waals surface area contributed by atoms with Gasteiger partial charge in [0.1, 0.15) is 6.04 Å². The highest BCUT2D eigenvalue weighted by molar-refractivity contribution is 5.82. The number of primary amides is 1. The molecule has 96 valence electrons. The number of hydrogen-bond acceptors (Lipinski definition) is 3. The zero-order valence-electron chi connectivity index (χ0n) is 9.35. The number of halogens is 3. The molecule has 8 heteroatoms. The molecule has 0 spiro atoms. The smallest absolute Gasteiger partial charge is 0.368 e. The normalized spacial score (nSPS) is 13.7. The summed E-state index contributed by atoms with van der Waals surface area (Å²) in [5.41, 5.74) is 6.41. The summed E-state index contributed by atoms with van der Waals surface area (Å²) >= 11 is 0. The van der Waals surface area contributed by atoms with Gasteiger partial charge in [-0.2, -0.15) is 18.3 Å². The summed E-state index contributed by atoms with van der Waals surface area (Å²) in [7, 11) is 0. The lowest BCUT2D eigenvalue weighted by molar-refractivity contribution is -0.130. The summed E-state index contributed by atoms with van der Waals surface area (Å²) in [5.74, 6) is -0.873. The van der Waals surface area contributed by atoms with Crippen LogP contribution in [0.5, 0.6) is 0 Å². The molecule has 1 unspecified atom stereocenters. The summed E-state index contributed by atoms with van der Waals surface area (Å²) in [6, 6.07) is -1.20. The topological polar surface area (TPSA) is 83.8 Å². The number of nitrogens with one attached hydrogen (secondary N) is 2. The van der Waals surface area contributed by atoms with E-state index >= 15 is 0 Å². The molecule has 0 aliphatic heterocycles. The van der Waals surface area contributed by atoms with Crippen molar-refractivity contribution in [3.05, 3.63) is 17.0 Å². The molecular weight excluding hydrogens is 237 g/mol. The lowest BCUT2D eigenvalue weighted by Gasteiger charge is -2.17. The van der Waals surface area contributed by atoms with Crippen molar-refractivity contribution in [1.29, 1.82) is 0 Å². The van der Waals surface area contributed by atoms with Crippen LogP contribution in [-0.2, 0) is 4.79 Å². The number of carbonyl (C=O) groups excluding carboxylic acids is 1. The number of aromatic amines is 1. The number of H-pyrrole nitrogens is 1. The van der Waals surface area contributed by atoms with Gasteiger partial charge in [-0.3, -0.25) is 15.2 Å². The molecule has 1 aromatic rings. The third-order valence-corrected chi connectivity index (χ3v) is 2.26. The van der Waals surface area contributed by atoms with Gasteiger partial charge in [-0.25, -0.2) is 0 Å². The third kappa shape index (κ3) is 3.45. The van der Waals surface area contributed by atoms with Gasteiger partial charge in [0.2, 0.25) is 5.91 Å². The molecular formula is C9H13F3N4O. The van der Waals surface area contributed by atoms with Crippen LogP contribution in [0.15, 0.2) is 0 Å². The molecule has 4 N–H and O–H groups in total. The highest BCUT2D eigenvalue weighted by atomic mass is 19.4. The van der Waals surface area contributed by atoms with Gasteiger partial charge in [-0.15, -0.1) is 0 Å². The van der Waals surface area contributed by atoms with Crippen molar-refractivity contribution in [2.45, 2.75) is 26.1 Å². The highest BCUT2D eigenvalue weighted by Gasteiger charge is 2.31. The number of rotatable bonds is 4. The van der Waals surface area contributed by atoms with E-state index in [1.165, 1.54) is 0 Å². The quantitative estimate of drug-likeness (QED) is 0.735. The van der Waals surface area contributed by atoms with Crippen LogP contribution < -0.4 is 11.1 Å². The minimum Gasteiger partial charge on any atom is -0.368 e. The fourth-order valence-corrected chi connectivity index (χ4v) is 1.55. The molecule has 0 fully saturated rings. The van der Waals surface area contributed by atoms with Gasteiger partial charge in [-0.05, 0) is 13.8 Å². The second kappa shape index (κ2) is 4.74. The van der Waals surface area contributed by atoms with Gasteiger partial charge in [0.05, 0.1) is 12.2 Å². The zero-order valence-corrected chi connectivity index (χ0v) is 9.35. The molecule has 0 aliphatic rings. The minimum absolute atomic E-state index is 0.363. The van der Waals surface area contributed by atoms with Gasteiger partial charge >= 0.3 is 6.18 Å². The average molecular weight is 250 g/mol. The lowest BCUT2D eigenvalue weighted by Crippen LogP contribution is -2.39. The monoisotopic (exact) mass is 250 g/mol. The van der Waals surface area contributed by atoms with Crippen LogP contribution in [-0.4, -0.2) is 28.8 Å². The number of aryl methyl sites for hydroxylation is 2. The number of nitrogens with two attached hydrogens (primary N) is 1. The molecule has 0 radical (unpaired) electrons. The Balaban J connectivity index is 2.91. The van der Waals surface area contributed by atoms with Crippen LogP contribution in [0.3, 0.4) is 0 Å². The molecule has 0 aromatic carbocycles. The first-order valence-corrected chi connectivity index (χ1v) is 4.83. The highest BCUT2D eigenvalue weighted by Crippen LogP contribution is 2.21. The fraction of sp³-hybridized carbons (Fsp3) is 0.556. The van der Waals surface area contributed by atoms with E-state index < -0.39 is 24.7 Å². The summed E-state index contributed by atoms with van der Waals surface area (Å²) in [6.07, 6.45) is -4.40. The van der Waals surface area contributed by atoms with Crippen LogP contribution in [0, 0.1) is 13.8 Å². The molecule has 1 heterocycles. The molecule has 1 amide bonds. The summed E-state index contributed by atoms with van der Waals surface area (Å²) < 4.78 is 36.3. The first-order valence-electron chi connectivity index (χ1n) is 4.83. The van der Waals surface area contributed by atoms with Crippen LogP contribution in [0.2, 0.25) is 0 Å². The SMILES string of the molecule is Cc1n[nH]c(C)c1C(NCC(F)(F)F)C(N)=O. The molecule has 1 aromatic heterocycles. The van der Waals surface area contributed by atoms with Crippen molar-refractivity contribution >= 4 is 5.91 Å². The van der Waals surface area contributed by atoms with Crippen molar-refractivity contribution in [2.24, 2.45) is 5.73 Å². The molecule has 5 nitrogen and oxygen atoms in total. The number of nitrogens with zero attached hydrogens (tertiary/aromatic N) is 1. The van der Waals surface area contributed by atoms with E-state index in [9.17, 15) is 18.0 Å². The minimum atomic E-state index is -4.40. The van der Waals surface area contributed by atoms with Crippen molar-refractivity contribution in [2.75, 3.05) is 6.54 Å². The maximum atomic E-state index is 12.1. The Hall–Kier alpha value is -1.57. The fourth-order valence-electron chi connectivity index (χ4n) is 1.55. The van der Waals surface area contributed by atoms with Gasteiger partial charge in [0.15, 0.2) is 0 Å². The average Bonchev–Trinajstić information content (AvgIpc) is 2.47. The van der Waals surface area contributed by atoms with Crippen LogP contribution >= 0.6 is 0 Å². The van der Waals surface area contributed by atoms with Gasteiger partial charge in [0, 0.05) is 11.3 Å². The number of hydrogen-bond donors (Lipinski definition) is 3. The predicted molar refractivity (Wildman–Crippen MR) is 54.1 cm³/mol. The largest absolute Gasteiger partial charge is 0.401 e. The second-order valence-corrected chi connectivity index (χ2v) is 3.68. The standard InChI is InChI=1S/C9H13F3N4O/c1-4-6(5(2)16-15-4)7(8(13)17)14-3-9(10,11)12/h7,14H,3H2,1-2H3,(H2,13,17)(H,15,16). The lowest BCUT2D eigenvalue weighted by atomic mass is 10.0. The van der Waals surface area contributed by atoms with E-state index in [0.29, 0.717) is 17.0 Å². The van der Waals surface area contributed by atoms with E-state index in [-0.39, 0.29) is 0 Å². The number of carbonyl (C=O) groups is 1. The summed E-state index contributed by atoms with van der Waals surface area (Å²) in [5, 5.41) is 8.48. The molecule has 0 saturated heterocycles. The first kappa shape index (κ1) is 13.5. The Bertz CT molecular complexity index is 393. The van der Waals surface area contributed by atoms with E-state index in [2.05, 4.69) is 15.5 Å². The van der Waals surface area contributed by atoms with Crippen molar-refractivity contribution in [1.82, 2.24) is 15.5 Å². The van der Waals surface area contributed by atoms with Gasteiger partial charge < -0.3 is 5.73 Å². The maximum Gasteiger partial charge on any atom is 0.401 e. The first-order chi connectivity index (χ1) is 7.72. The summed E-state index contributed by atoms with van der Waals surface area (Å²) in [4.78, 5) is 11.2. The van der Waals surface area contributed by atoms with E-state index in [4.69, 9.17) is 5.73 Å². The molecule has 0 saturated carbocycles. The van der Waals surface area contributed by atoms with Gasteiger partial charge in [0.25, 0.3) is 0 Å².